The molecule has 3 fully saturated rings. The quantitative estimate of drug-likeness (QED) is 0.239. The van der Waals surface area contributed by atoms with Gasteiger partial charge in [-0.25, -0.2) is 9.78 Å². The van der Waals surface area contributed by atoms with E-state index in [9.17, 15) is 4.79 Å². The van der Waals surface area contributed by atoms with Crippen LogP contribution < -0.4 is 19.1 Å². The van der Waals surface area contributed by atoms with E-state index in [1.54, 1.807) is 25.4 Å². The summed E-state index contributed by atoms with van der Waals surface area (Å²) < 4.78 is 31.6. The lowest BCUT2D eigenvalue weighted by Crippen LogP contribution is -2.64. The molecule has 0 amide bonds. The van der Waals surface area contributed by atoms with Gasteiger partial charge in [-0.05, 0) is 55.7 Å². The molecule has 0 bridgehead atoms. The van der Waals surface area contributed by atoms with E-state index in [0.717, 1.165) is 67.3 Å². The zero-order chi connectivity index (χ0) is 31.6. The van der Waals surface area contributed by atoms with Gasteiger partial charge in [-0.1, -0.05) is 17.7 Å². The molecule has 1 aliphatic carbocycles. The number of piperazine rings is 1. The van der Waals surface area contributed by atoms with E-state index in [1.165, 1.54) is 7.11 Å². The van der Waals surface area contributed by atoms with Crippen molar-refractivity contribution in [3.63, 3.8) is 0 Å². The first-order valence-electron chi connectivity index (χ1n) is 15.8. The number of halogens is 1. The summed E-state index contributed by atoms with van der Waals surface area (Å²) in [6.07, 6.45) is 4.91. The number of hydrogen-bond acceptors (Lipinski definition) is 10. The maximum atomic E-state index is 12.5. The molecular weight excluding hydrogens is 610 g/mol. The van der Waals surface area contributed by atoms with Crippen LogP contribution in [0.1, 0.15) is 48.1 Å². The largest absolute Gasteiger partial charge is 0.494 e. The highest BCUT2D eigenvalue weighted by Gasteiger charge is 2.47. The Bertz CT molecular complexity index is 1810. The van der Waals surface area contributed by atoms with E-state index in [2.05, 4.69) is 25.4 Å². The van der Waals surface area contributed by atoms with Crippen LogP contribution in [-0.2, 0) is 28.4 Å². The third-order valence-electron chi connectivity index (χ3n) is 9.82. The zero-order valence-electron chi connectivity index (χ0n) is 26.1. The molecule has 1 saturated carbocycles. The Hall–Kier alpha value is -4.06. The molecule has 46 heavy (non-hydrogen) atoms. The Labute approximate surface area is 271 Å². The van der Waals surface area contributed by atoms with Gasteiger partial charge in [0.05, 0.1) is 55.2 Å². The van der Waals surface area contributed by atoms with Gasteiger partial charge < -0.3 is 33.2 Å². The molecule has 240 valence electrons. The molecule has 4 aromatic rings. The van der Waals surface area contributed by atoms with Crippen molar-refractivity contribution < 1.29 is 28.5 Å². The van der Waals surface area contributed by atoms with E-state index in [0.29, 0.717) is 53.0 Å². The summed E-state index contributed by atoms with van der Waals surface area (Å²) >= 11 is 6.09. The van der Waals surface area contributed by atoms with Gasteiger partial charge in [-0.2, -0.15) is 0 Å². The van der Waals surface area contributed by atoms with E-state index >= 15 is 0 Å². The number of benzene rings is 2. The number of rotatable bonds is 8. The molecule has 0 radical (unpaired) electrons. The fourth-order valence-corrected chi connectivity index (χ4v) is 7.29. The number of para-hydroxylation sites is 1. The van der Waals surface area contributed by atoms with Gasteiger partial charge in [0, 0.05) is 44.9 Å². The molecule has 2 aromatic carbocycles. The second kappa shape index (κ2) is 11.3. The van der Waals surface area contributed by atoms with Gasteiger partial charge in [0.1, 0.15) is 22.8 Å². The standard InChI is InChI=1S/C34H36ClN5O6/c1-34(29-10-7-21(35)17-36-29)45-27-6-4-5-25(32(27)46-34)39-13-12-38(23-8-9-24(23)39)19-30-37-31-26(40(30)18-22-11-14-44-22)15-20(33(41)43-3)16-28(31)42-2/h4-7,10,15-17,22-24H,8-9,11-14,18-19H2,1-3H3/t22-,23-,24+,34?/m0/s1. The summed E-state index contributed by atoms with van der Waals surface area (Å²) in [6, 6.07) is 14.0. The average Bonchev–Trinajstić information content (AvgIpc) is 3.55. The molecule has 2 saturated heterocycles. The van der Waals surface area contributed by atoms with Crippen LogP contribution in [0.5, 0.6) is 17.2 Å². The predicted molar refractivity (Wildman–Crippen MR) is 171 cm³/mol. The maximum absolute atomic E-state index is 12.5. The SMILES string of the molecule is COC(=O)c1cc(OC)c2nc(CN3CCN(c4cccc5c4OC(C)(c4ccc(Cl)cn4)O5)[C@@H]4CC[C@@H]43)n(C[C@@H]3CCO3)c2c1. The highest BCUT2D eigenvalue weighted by molar-refractivity contribution is 6.30. The topological polar surface area (TPSA) is 100 Å². The number of fused-ring (bicyclic) bond motifs is 3. The minimum atomic E-state index is -1.04. The predicted octanol–water partition coefficient (Wildman–Crippen LogP) is 5.17. The number of ether oxygens (including phenoxy) is 5. The van der Waals surface area contributed by atoms with Crippen molar-refractivity contribution >= 4 is 34.3 Å². The Morgan fingerprint density at radius 1 is 1.09 bits per heavy atom. The minimum absolute atomic E-state index is 0.119. The van der Waals surface area contributed by atoms with Crippen molar-refractivity contribution in [2.75, 3.05) is 38.8 Å². The molecule has 2 aromatic heterocycles. The van der Waals surface area contributed by atoms with Crippen LogP contribution >= 0.6 is 11.6 Å². The Morgan fingerprint density at radius 2 is 1.93 bits per heavy atom. The van der Waals surface area contributed by atoms with Crippen LogP contribution in [0, 0.1) is 0 Å². The molecule has 11 nitrogen and oxygen atoms in total. The van der Waals surface area contributed by atoms with Gasteiger partial charge in [0.2, 0.25) is 0 Å². The molecule has 3 aliphatic heterocycles. The number of aromatic nitrogens is 3. The van der Waals surface area contributed by atoms with E-state index in [4.69, 9.17) is 40.3 Å². The molecule has 4 aliphatic rings. The second-order valence-electron chi connectivity index (χ2n) is 12.4. The highest BCUT2D eigenvalue weighted by atomic mass is 35.5. The summed E-state index contributed by atoms with van der Waals surface area (Å²) in [7, 11) is 2.99. The molecular formula is C34H36ClN5O6. The molecule has 12 heteroatoms. The van der Waals surface area contributed by atoms with Gasteiger partial charge in [0.15, 0.2) is 11.5 Å². The molecule has 0 spiro atoms. The number of imidazole rings is 1. The summed E-state index contributed by atoms with van der Waals surface area (Å²) in [5.74, 6) is 1.50. The Morgan fingerprint density at radius 3 is 2.63 bits per heavy atom. The third-order valence-corrected chi connectivity index (χ3v) is 10.0. The molecule has 1 unspecified atom stereocenters. The number of carbonyl (C=O) groups is 1. The van der Waals surface area contributed by atoms with Crippen molar-refractivity contribution in [1.29, 1.82) is 0 Å². The highest BCUT2D eigenvalue weighted by Crippen LogP contribution is 2.51. The van der Waals surface area contributed by atoms with E-state index < -0.39 is 11.8 Å². The van der Waals surface area contributed by atoms with Gasteiger partial charge >= 0.3 is 5.97 Å². The summed E-state index contributed by atoms with van der Waals surface area (Å²) in [6.45, 7) is 5.69. The lowest BCUT2D eigenvalue weighted by Gasteiger charge is -2.54. The number of anilines is 1. The zero-order valence-corrected chi connectivity index (χ0v) is 26.8. The first-order valence-corrected chi connectivity index (χ1v) is 16.1. The Kier molecular flexibility index (Phi) is 7.23. The number of nitrogens with zero attached hydrogens (tertiary/aromatic N) is 5. The average molecular weight is 646 g/mol. The van der Waals surface area contributed by atoms with E-state index in [1.807, 2.05) is 31.2 Å². The molecule has 0 N–H and O–H groups in total. The van der Waals surface area contributed by atoms with Crippen molar-refractivity contribution in [2.24, 2.45) is 0 Å². The number of hydrogen-bond donors (Lipinski definition) is 0. The molecule has 5 heterocycles. The fraction of sp³-hybridized carbons (Fsp3) is 0.441. The minimum Gasteiger partial charge on any atom is -0.494 e. The monoisotopic (exact) mass is 645 g/mol. The first kappa shape index (κ1) is 29.3. The number of methoxy groups -OCH3 is 2. The van der Waals surface area contributed by atoms with Crippen LogP contribution in [-0.4, -0.2) is 77.5 Å². The van der Waals surface area contributed by atoms with Gasteiger partial charge in [-0.15, -0.1) is 0 Å². The van der Waals surface area contributed by atoms with Crippen molar-refractivity contribution in [3.05, 3.63) is 70.8 Å². The third kappa shape index (κ3) is 4.83. The van der Waals surface area contributed by atoms with Crippen LogP contribution in [0.25, 0.3) is 11.0 Å². The Balaban J connectivity index is 1.07. The molecule has 8 rings (SSSR count). The smallest absolute Gasteiger partial charge is 0.338 e. The normalized spacial score (nSPS) is 25.1. The van der Waals surface area contributed by atoms with Crippen molar-refractivity contribution in [2.45, 2.75) is 63.3 Å². The lowest BCUT2D eigenvalue weighted by molar-refractivity contribution is -0.0717. The van der Waals surface area contributed by atoms with Crippen LogP contribution in [0.2, 0.25) is 5.02 Å². The fourth-order valence-electron chi connectivity index (χ4n) is 7.17. The summed E-state index contributed by atoms with van der Waals surface area (Å²) in [4.78, 5) is 27.1. The lowest BCUT2D eigenvalue weighted by atomic mass is 9.81. The van der Waals surface area contributed by atoms with E-state index in [-0.39, 0.29) is 6.10 Å². The van der Waals surface area contributed by atoms with Crippen LogP contribution in [0.15, 0.2) is 48.7 Å². The summed E-state index contributed by atoms with van der Waals surface area (Å²) in [5.41, 5.74) is 3.73. The summed E-state index contributed by atoms with van der Waals surface area (Å²) in [5, 5.41) is 0.564. The van der Waals surface area contributed by atoms with Gasteiger partial charge in [0.25, 0.3) is 5.79 Å². The first-order chi connectivity index (χ1) is 22.3. The maximum Gasteiger partial charge on any atom is 0.338 e. The second-order valence-corrected chi connectivity index (χ2v) is 12.9. The number of esters is 1. The number of carbonyl (C=O) groups excluding carboxylic acids is 1. The van der Waals surface area contributed by atoms with Crippen LogP contribution in [0.4, 0.5) is 5.69 Å². The molecule has 4 atom stereocenters. The van der Waals surface area contributed by atoms with Crippen molar-refractivity contribution in [3.8, 4) is 17.2 Å². The number of pyridine rings is 1. The van der Waals surface area contributed by atoms with Gasteiger partial charge in [-0.3, -0.25) is 9.88 Å². The van der Waals surface area contributed by atoms with Crippen molar-refractivity contribution in [1.82, 2.24) is 19.4 Å². The van der Waals surface area contributed by atoms with Crippen LogP contribution in [0.3, 0.4) is 0 Å².